The number of nitrogens with one attached hydrogen (secondary N) is 1. The van der Waals surface area contributed by atoms with E-state index in [1.54, 1.807) is 7.11 Å². The highest BCUT2D eigenvalue weighted by molar-refractivity contribution is 5.88. The molecule has 1 aliphatic carbocycles. The maximum absolute atomic E-state index is 12.7. The molecule has 0 heterocycles. The normalized spacial score (nSPS) is 14.9. The number of rotatable bonds is 6. The molecule has 1 saturated carbocycles. The maximum Gasteiger partial charge on any atom is 0.237 e. The first-order valence-corrected chi connectivity index (χ1v) is 8.73. The van der Waals surface area contributed by atoms with Crippen LogP contribution in [0.3, 0.4) is 0 Å². The number of carbonyl (C=O) groups is 1. The summed E-state index contributed by atoms with van der Waals surface area (Å²) in [5.74, 6) is 1.02. The summed E-state index contributed by atoms with van der Waals surface area (Å²) in [4.78, 5) is 14.7. The molecule has 2 aromatic rings. The predicted molar refractivity (Wildman–Crippen MR) is 97.2 cm³/mol. The van der Waals surface area contributed by atoms with Gasteiger partial charge in [0.1, 0.15) is 5.75 Å². The summed E-state index contributed by atoms with van der Waals surface area (Å²) >= 11 is 0. The molecule has 0 spiro atoms. The first kappa shape index (κ1) is 16.8. The largest absolute Gasteiger partial charge is 0.496 e. The molecule has 0 radical (unpaired) electrons. The van der Waals surface area contributed by atoms with Crippen molar-refractivity contribution < 1.29 is 9.53 Å². The molecule has 2 aromatic carbocycles. The van der Waals surface area contributed by atoms with E-state index in [0.29, 0.717) is 19.1 Å². The molecule has 128 valence electrons. The van der Waals surface area contributed by atoms with Gasteiger partial charge in [0.05, 0.1) is 20.2 Å². The fourth-order valence-corrected chi connectivity index (χ4v) is 3.73. The molecule has 4 nitrogen and oxygen atoms in total. The Morgan fingerprint density at radius 3 is 2.67 bits per heavy atom. The third kappa shape index (κ3) is 3.39. The van der Waals surface area contributed by atoms with Gasteiger partial charge in [-0.2, -0.15) is 0 Å². The molecule has 0 aliphatic heterocycles. The Balaban J connectivity index is 1.99. The van der Waals surface area contributed by atoms with Crippen LogP contribution in [0.4, 0.5) is 0 Å². The minimum atomic E-state index is 0.166. The molecule has 0 atom stereocenters. The highest BCUT2D eigenvalue weighted by Crippen LogP contribution is 2.32. The minimum Gasteiger partial charge on any atom is -0.496 e. The van der Waals surface area contributed by atoms with Gasteiger partial charge in [-0.3, -0.25) is 4.79 Å². The molecule has 1 amide bonds. The standard InChI is InChI=1S/C20H26N2O2/c1-21-13-20(23)22(16-8-4-5-9-16)14-18-17-10-6-3-7-15(17)11-12-19(18)24-2/h3,6-7,10-12,16,21H,4-5,8-9,13-14H2,1-2H3. The Morgan fingerprint density at radius 2 is 1.96 bits per heavy atom. The number of nitrogens with zero attached hydrogens (tertiary/aromatic N) is 1. The van der Waals surface area contributed by atoms with Gasteiger partial charge < -0.3 is 15.0 Å². The van der Waals surface area contributed by atoms with Crippen molar-refractivity contribution in [3.05, 3.63) is 42.0 Å². The molecule has 24 heavy (non-hydrogen) atoms. The summed E-state index contributed by atoms with van der Waals surface area (Å²) in [6.07, 6.45) is 4.62. The van der Waals surface area contributed by atoms with Crippen LogP contribution < -0.4 is 10.1 Å². The van der Waals surface area contributed by atoms with Gasteiger partial charge in [-0.25, -0.2) is 0 Å². The van der Waals surface area contributed by atoms with Crippen molar-refractivity contribution >= 4 is 16.7 Å². The second-order valence-electron chi connectivity index (χ2n) is 6.46. The number of fused-ring (bicyclic) bond motifs is 1. The lowest BCUT2D eigenvalue weighted by Gasteiger charge is -2.30. The predicted octanol–water partition coefficient (Wildman–Crippen LogP) is 3.34. The second kappa shape index (κ2) is 7.67. The number of amides is 1. The number of carbonyl (C=O) groups excluding carboxylic acids is 1. The van der Waals surface area contributed by atoms with Crippen molar-refractivity contribution in [3.63, 3.8) is 0 Å². The smallest absolute Gasteiger partial charge is 0.237 e. The summed E-state index contributed by atoms with van der Waals surface area (Å²) in [5.41, 5.74) is 1.10. The highest BCUT2D eigenvalue weighted by atomic mass is 16.5. The van der Waals surface area contributed by atoms with Crippen molar-refractivity contribution in [2.75, 3.05) is 20.7 Å². The number of hydrogen-bond acceptors (Lipinski definition) is 3. The maximum atomic E-state index is 12.7. The van der Waals surface area contributed by atoms with Crippen molar-refractivity contribution in [2.24, 2.45) is 0 Å². The van der Waals surface area contributed by atoms with Crippen LogP contribution in [0, 0.1) is 0 Å². The van der Waals surface area contributed by atoms with E-state index in [1.807, 2.05) is 30.1 Å². The van der Waals surface area contributed by atoms with Crippen LogP contribution in [-0.4, -0.2) is 37.6 Å². The highest BCUT2D eigenvalue weighted by Gasteiger charge is 2.27. The average Bonchev–Trinajstić information content (AvgIpc) is 3.13. The summed E-state index contributed by atoms with van der Waals surface area (Å²) in [6, 6.07) is 12.7. The number of benzene rings is 2. The summed E-state index contributed by atoms with van der Waals surface area (Å²) in [6.45, 7) is 0.985. The van der Waals surface area contributed by atoms with Crippen LogP contribution in [0.1, 0.15) is 31.2 Å². The Bertz CT molecular complexity index is 708. The van der Waals surface area contributed by atoms with E-state index in [2.05, 4.69) is 23.5 Å². The third-order valence-corrected chi connectivity index (χ3v) is 4.96. The zero-order valence-electron chi connectivity index (χ0n) is 14.5. The van der Waals surface area contributed by atoms with Gasteiger partial charge in [-0.05, 0) is 36.7 Å². The van der Waals surface area contributed by atoms with Crippen molar-refractivity contribution in [2.45, 2.75) is 38.3 Å². The van der Waals surface area contributed by atoms with E-state index in [0.717, 1.165) is 29.5 Å². The van der Waals surface area contributed by atoms with E-state index in [4.69, 9.17) is 4.74 Å². The Morgan fingerprint density at radius 1 is 1.21 bits per heavy atom. The lowest BCUT2D eigenvalue weighted by Crippen LogP contribution is -2.42. The minimum absolute atomic E-state index is 0.166. The summed E-state index contributed by atoms with van der Waals surface area (Å²) in [7, 11) is 3.52. The van der Waals surface area contributed by atoms with Crippen molar-refractivity contribution in [1.29, 1.82) is 0 Å². The van der Waals surface area contributed by atoms with Gasteiger partial charge in [-0.1, -0.05) is 43.2 Å². The molecule has 0 bridgehead atoms. The van der Waals surface area contributed by atoms with Gasteiger partial charge >= 0.3 is 0 Å². The molecular formula is C20H26N2O2. The summed E-state index contributed by atoms with van der Waals surface area (Å²) < 4.78 is 5.60. The van der Waals surface area contributed by atoms with Crippen LogP contribution >= 0.6 is 0 Å². The van der Waals surface area contributed by atoms with Gasteiger partial charge in [-0.15, -0.1) is 0 Å². The first-order valence-electron chi connectivity index (χ1n) is 8.73. The quantitative estimate of drug-likeness (QED) is 0.885. The van der Waals surface area contributed by atoms with Crippen LogP contribution in [0.15, 0.2) is 36.4 Å². The Hall–Kier alpha value is -2.07. The van der Waals surface area contributed by atoms with Crippen LogP contribution in [0.2, 0.25) is 0 Å². The summed E-state index contributed by atoms with van der Waals surface area (Å²) in [5, 5.41) is 5.35. The van der Waals surface area contributed by atoms with Crippen molar-refractivity contribution in [3.8, 4) is 5.75 Å². The molecular weight excluding hydrogens is 300 g/mol. The average molecular weight is 326 g/mol. The number of methoxy groups -OCH3 is 1. The lowest BCUT2D eigenvalue weighted by molar-refractivity contribution is -0.133. The molecule has 3 rings (SSSR count). The molecule has 1 fully saturated rings. The molecule has 4 heteroatoms. The van der Waals surface area contributed by atoms with E-state index >= 15 is 0 Å². The van der Waals surface area contributed by atoms with Crippen molar-refractivity contribution in [1.82, 2.24) is 10.2 Å². The number of likely N-dealkylation sites (N-methyl/N-ethyl adjacent to an activating group) is 1. The SMILES string of the molecule is CNCC(=O)N(Cc1c(OC)ccc2ccccc12)C1CCCC1. The fraction of sp³-hybridized carbons (Fsp3) is 0.450. The van der Waals surface area contributed by atoms with E-state index in [1.165, 1.54) is 18.2 Å². The van der Waals surface area contributed by atoms with Crippen LogP contribution in [0.5, 0.6) is 5.75 Å². The topological polar surface area (TPSA) is 41.6 Å². The Kier molecular flexibility index (Phi) is 5.36. The first-order chi connectivity index (χ1) is 11.7. The second-order valence-corrected chi connectivity index (χ2v) is 6.46. The van der Waals surface area contributed by atoms with E-state index < -0.39 is 0 Å². The Labute approximate surface area is 143 Å². The lowest BCUT2D eigenvalue weighted by atomic mass is 10.0. The third-order valence-electron chi connectivity index (χ3n) is 4.96. The molecule has 1 N–H and O–H groups in total. The van der Waals surface area contributed by atoms with Gasteiger partial charge in [0.15, 0.2) is 0 Å². The fourth-order valence-electron chi connectivity index (χ4n) is 3.73. The molecule has 0 aromatic heterocycles. The number of ether oxygens (including phenoxy) is 1. The van der Waals surface area contributed by atoms with E-state index in [9.17, 15) is 4.79 Å². The van der Waals surface area contributed by atoms with Gasteiger partial charge in [0, 0.05) is 11.6 Å². The van der Waals surface area contributed by atoms with Crippen LogP contribution in [-0.2, 0) is 11.3 Å². The zero-order valence-corrected chi connectivity index (χ0v) is 14.5. The van der Waals surface area contributed by atoms with Gasteiger partial charge in [0.2, 0.25) is 5.91 Å². The van der Waals surface area contributed by atoms with Gasteiger partial charge in [0.25, 0.3) is 0 Å². The molecule has 1 aliphatic rings. The molecule has 0 saturated heterocycles. The zero-order chi connectivity index (χ0) is 16.9. The molecule has 0 unspecified atom stereocenters. The number of hydrogen-bond donors (Lipinski definition) is 1. The monoisotopic (exact) mass is 326 g/mol. The van der Waals surface area contributed by atoms with Crippen LogP contribution in [0.25, 0.3) is 10.8 Å². The van der Waals surface area contributed by atoms with E-state index in [-0.39, 0.29) is 5.91 Å².